The predicted molar refractivity (Wildman–Crippen MR) is 55.6 cm³/mol. The fraction of sp³-hybridized carbons (Fsp3) is 0.200. The van der Waals surface area contributed by atoms with Crippen LogP contribution in [-0.2, 0) is 9.59 Å². The number of carbonyl (C=O) groups excluding carboxylic acids is 2. The third-order valence-corrected chi connectivity index (χ3v) is 1.85. The van der Waals surface area contributed by atoms with Gasteiger partial charge in [0.25, 0.3) is 5.91 Å². The van der Waals surface area contributed by atoms with Crippen LogP contribution in [-0.4, -0.2) is 28.2 Å². The van der Waals surface area contributed by atoms with Crippen molar-refractivity contribution in [2.75, 3.05) is 5.32 Å². The first-order valence-electron chi connectivity index (χ1n) is 4.60. The van der Waals surface area contributed by atoms with Crippen molar-refractivity contribution < 1.29 is 19.9 Å². The number of amides is 2. The van der Waals surface area contributed by atoms with E-state index < -0.39 is 24.3 Å². The maximum Gasteiger partial charge on any atom is 0.253 e. The number of hydrogen-bond acceptors (Lipinski definition) is 4. The van der Waals surface area contributed by atoms with E-state index in [0.717, 1.165) is 0 Å². The molecule has 1 unspecified atom stereocenters. The van der Waals surface area contributed by atoms with Gasteiger partial charge < -0.3 is 10.4 Å². The molecule has 0 bridgehead atoms. The van der Waals surface area contributed by atoms with E-state index in [4.69, 9.17) is 5.21 Å². The van der Waals surface area contributed by atoms with Crippen molar-refractivity contribution in [2.24, 2.45) is 0 Å². The van der Waals surface area contributed by atoms with Crippen LogP contribution >= 0.6 is 0 Å². The monoisotopic (exact) mass is 224 g/mol. The van der Waals surface area contributed by atoms with Crippen molar-refractivity contribution in [1.29, 1.82) is 0 Å². The van der Waals surface area contributed by atoms with Crippen molar-refractivity contribution in [3.63, 3.8) is 0 Å². The van der Waals surface area contributed by atoms with E-state index in [1.165, 1.54) is 5.48 Å². The van der Waals surface area contributed by atoms with Crippen LogP contribution in [0, 0.1) is 0 Å². The number of aliphatic hydroxyl groups is 1. The highest BCUT2D eigenvalue weighted by Crippen LogP contribution is 2.06. The first kappa shape index (κ1) is 12.2. The van der Waals surface area contributed by atoms with Gasteiger partial charge in [-0.1, -0.05) is 18.2 Å². The second-order valence-corrected chi connectivity index (χ2v) is 3.11. The van der Waals surface area contributed by atoms with Gasteiger partial charge in [0.2, 0.25) is 5.91 Å². The summed E-state index contributed by atoms with van der Waals surface area (Å²) in [6.45, 7) is 0. The lowest BCUT2D eigenvalue weighted by Crippen LogP contribution is -2.33. The van der Waals surface area contributed by atoms with Crippen molar-refractivity contribution in [2.45, 2.75) is 12.5 Å². The molecule has 0 aliphatic carbocycles. The van der Waals surface area contributed by atoms with Crippen LogP contribution in [0.25, 0.3) is 0 Å². The summed E-state index contributed by atoms with van der Waals surface area (Å²) >= 11 is 0. The molecule has 2 amide bonds. The lowest BCUT2D eigenvalue weighted by Gasteiger charge is -2.09. The zero-order valence-electron chi connectivity index (χ0n) is 8.38. The van der Waals surface area contributed by atoms with Crippen molar-refractivity contribution in [3.05, 3.63) is 30.3 Å². The number of hydroxylamine groups is 1. The van der Waals surface area contributed by atoms with Crippen molar-refractivity contribution in [1.82, 2.24) is 5.48 Å². The van der Waals surface area contributed by atoms with Gasteiger partial charge in [-0.15, -0.1) is 0 Å². The molecule has 6 heteroatoms. The zero-order valence-corrected chi connectivity index (χ0v) is 8.38. The lowest BCUT2D eigenvalue weighted by atomic mass is 10.2. The molecule has 0 fully saturated rings. The SMILES string of the molecule is O=C(CC(O)C(=O)Nc1ccccc1)NO. The number of carbonyl (C=O) groups is 2. The summed E-state index contributed by atoms with van der Waals surface area (Å²) < 4.78 is 0. The van der Waals surface area contributed by atoms with Gasteiger partial charge in [-0.2, -0.15) is 0 Å². The van der Waals surface area contributed by atoms with Gasteiger partial charge in [0.15, 0.2) is 0 Å². The molecule has 1 rings (SSSR count). The minimum absolute atomic E-state index is 0.491. The maximum atomic E-state index is 11.3. The molecule has 86 valence electrons. The molecule has 0 heterocycles. The Kier molecular flexibility index (Phi) is 4.43. The Morgan fingerprint density at radius 1 is 1.25 bits per heavy atom. The largest absolute Gasteiger partial charge is 0.383 e. The van der Waals surface area contributed by atoms with Crippen LogP contribution in [0.5, 0.6) is 0 Å². The van der Waals surface area contributed by atoms with Gasteiger partial charge in [-0.25, -0.2) is 5.48 Å². The highest BCUT2D eigenvalue weighted by molar-refractivity contribution is 5.96. The van der Waals surface area contributed by atoms with Crippen LogP contribution in [0.3, 0.4) is 0 Å². The number of nitrogens with one attached hydrogen (secondary N) is 2. The zero-order chi connectivity index (χ0) is 12.0. The number of benzene rings is 1. The molecule has 4 N–H and O–H groups in total. The normalized spacial score (nSPS) is 11.6. The first-order chi connectivity index (χ1) is 7.63. The average molecular weight is 224 g/mol. The van der Waals surface area contributed by atoms with Crippen LogP contribution in [0.1, 0.15) is 6.42 Å². The Balaban J connectivity index is 2.49. The topological polar surface area (TPSA) is 98.7 Å². The Labute approximate surface area is 91.9 Å². The molecule has 0 saturated heterocycles. The van der Waals surface area contributed by atoms with Gasteiger partial charge >= 0.3 is 0 Å². The molecule has 16 heavy (non-hydrogen) atoms. The van der Waals surface area contributed by atoms with Gasteiger partial charge in [0.05, 0.1) is 6.42 Å². The first-order valence-corrected chi connectivity index (χ1v) is 4.60. The molecular formula is C10H12N2O4. The van der Waals surface area contributed by atoms with Crippen LogP contribution in [0.2, 0.25) is 0 Å². The summed E-state index contributed by atoms with van der Waals surface area (Å²) in [5, 5.41) is 19.9. The van der Waals surface area contributed by atoms with E-state index in [1.54, 1.807) is 30.3 Å². The number of anilines is 1. The number of aliphatic hydroxyl groups excluding tert-OH is 1. The minimum Gasteiger partial charge on any atom is -0.383 e. The van der Waals surface area contributed by atoms with E-state index in [1.807, 2.05) is 0 Å². The van der Waals surface area contributed by atoms with Gasteiger partial charge in [0.1, 0.15) is 6.10 Å². The molecule has 0 aromatic heterocycles. The minimum atomic E-state index is -1.49. The van der Waals surface area contributed by atoms with Crippen LogP contribution in [0.4, 0.5) is 5.69 Å². The Hall–Kier alpha value is -1.92. The Morgan fingerprint density at radius 2 is 1.88 bits per heavy atom. The van der Waals surface area contributed by atoms with E-state index >= 15 is 0 Å². The van der Waals surface area contributed by atoms with E-state index in [9.17, 15) is 14.7 Å². The Morgan fingerprint density at radius 3 is 2.44 bits per heavy atom. The Bertz CT molecular complexity index is 366. The number of para-hydroxylation sites is 1. The average Bonchev–Trinajstić information content (AvgIpc) is 2.30. The summed E-state index contributed by atoms with van der Waals surface area (Å²) in [4.78, 5) is 22.0. The molecule has 0 spiro atoms. The highest BCUT2D eigenvalue weighted by Gasteiger charge is 2.18. The second-order valence-electron chi connectivity index (χ2n) is 3.11. The molecule has 0 aliphatic rings. The van der Waals surface area contributed by atoms with Crippen molar-refractivity contribution >= 4 is 17.5 Å². The summed E-state index contributed by atoms with van der Waals surface area (Å²) in [6.07, 6.45) is -1.98. The van der Waals surface area contributed by atoms with E-state index in [-0.39, 0.29) is 0 Å². The van der Waals surface area contributed by atoms with Crippen LogP contribution in [0.15, 0.2) is 30.3 Å². The highest BCUT2D eigenvalue weighted by atomic mass is 16.5. The second kappa shape index (κ2) is 5.84. The summed E-state index contributed by atoms with van der Waals surface area (Å²) in [6, 6.07) is 8.53. The number of hydrogen-bond donors (Lipinski definition) is 4. The molecule has 1 aromatic rings. The van der Waals surface area contributed by atoms with Gasteiger partial charge in [-0.3, -0.25) is 14.8 Å². The third-order valence-electron chi connectivity index (χ3n) is 1.85. The third kappa shape index (κ3) is 3.68. The van der Waals surface area contributed by atoms with Crippen molar-refractivity contribution in [3.8, 4) is 0 Å². The van der Waals surface area contributed by atoms with Crippen LogP contribution < -0.4 is 10.8 Å². The molecular weight excluding hydrogens is 212 g/mol. The fourth-order valence-corrected chi connectivity index (χ4v) is 1.06. The lowest BCUT2D eigenvalue weighted by molar-refractivity contribution is -0.136. The summed E-state index contributed by atoms with van der Waals surface area (Å²) in [5.41, 5.74) is 1.86. The van der Waals surface area contributed by atoms with E-state index in [2.05, 4.69) is 5.32 Å². The van der Waals surface area contributed by atoms with E-state index in [0.29, 0.717) is 5.69 Å². The standard InChI is InChI=1S/C10H12N2O4/c13-8(6-9(14)12-16)10(15)11-7-4-2-1-3-5-7/h1-5,8,13,16H,6H2,(H,11,15)(H,12,14). The molecule has 0 aliphatic heterocycles. The number of rotatable bonds is 4. The molecule has 6 nitrogen and oxygen atoms in total. The quantitative estimate of drug-likeness (QED) is 0.423. The summed E-state index contributed by atoms with van der Waals surface area (Å²) in [7, 11) is 0. The molecule has 0 radical (unpaired) electrons. The summed E-state index contributed by atoms with van der Waals surface area (Å²) in [5.74, 6) is -1.52. The predicted octanol–water partition coefficient (Wildman–Crippen LogP) is -0.119. The molecule has 0 saturated carbocycles. The van der Waals surface area contributed by atoms with Gasteiger partial charge in [0, 0.05) is 5.69 Å². The molecule has 1 atom stereocenters. The smallest absolute Gasteiger partial charge is 0.253 e. The van der Waals surface area contributed by atoms with Gasteiger partial charge in [-0.05, 0) is 12.1 Å². The maximum absolute atomic E-state index is 11.3. The molecule has 1 aromatic carbocycles. The fourth-order valence-electron chi connectivity index (χ4n) is 1.06.